The summed E-state index contributed by atoms with van der Waals surface area (Å²) < 4.78 is 55.3. The lowest BCUT2D eigenvalue weighted by molar-refractivity contribution is -0.138. The summed E-state index contributed by atoms with van der Waals surface area (Å²) in [5.74, 6) is -4.70. The fraction of sp³-hybridized carbons (Fsp3) is 0.400. The maximum Gasteiger partial charge on any atom is 0.326 e. The number of halogens is 2. The molecule has 47 heavy (non-hydrogen) atoms. The second kappa shape index (κ2) is 12.5. The average molecular weight is 673 g/mol. The number of nitrogens with two attached hydrogens (primary N) is 1. The largest absolute Gasteiger partial charge is 0.480 e. The number of hydrogen-bond donors (Lipinski definition) is 4. The van der Waals surface area contributed by atoms with Crippen molar-refractivity contribution in [2.45, 2.75) is 36.7 Å². The number of rotatable bonds is 8. The van der Waals surface area contributed by atoms with E-state index in [1.165, 1.54) is 12.1 Å². The Labute approximate surface area is 269 Å². The number of H-pyrrole nitrogens is 1. The third-order valence-electron chi connectivity index (χ3n) is 8.92. The predicted octanol–water partition coefficient (Wildman–Crippen LogP) is 1.59. The lowest BCUT2D eigenvalue weighted by Gasteiger charge is -2.37. The minimum atomic E-state index is -4.31. The Morgan fingerprint density at radius 1 is 0.979 bits per heavy atom. The predicted molar refractivity (Wildman–Crippen MR) is 167 cm³/mol. The van der Waals surface area contributed by atoms with Gasteiger partial charge < -0.3 is 30.9 Å². The molecular weight excluding hydrogens is 638 g/mol. The van der Waals surface area contributed by atoms with Crippen molar-refractivity contribution >= 4 is 45.0 Å². The normalized spacial score (nSPS) is 19.1. The fourth-order valence-electron chi connectivity index (χ4n) is 6.39. The summed E-state index contributed by atoms with van der Waals surface area (Å²) in [5, 5.41) is 19.6. The highest BCUT2D eigenvalue weighted by atomic mass is 32.2. The molecule has 3 aromatic rings. The first-order chi connectivity index (χ1) is 22.3. The first kappa shape index (κ1) is 32.3. The lowest BCUT2D eigenvalue weighted by Crippen LogP contribution is -2.45. The smallest absolute Gasteiger partial charge is 0.326 e. The molecule has 17 heteroatoms. The summed E-state index contributed by atoms with van der Waals surface area (Å²) in [6, 6.07) is 4.23. The summed E-state index contributed by atoms with van der Waals surface area (Å²) in [7, 11) is -2.32. The quantitative estimate of drug-likeness (QED) is 0.274. The van der Waals surface area contributed by atoms with Crippen molar-refractivity contribution in [3.05, 3.63) is 64.4 Å². The third-order valence-corrected chi connectivity index (χ3v) is 10.7. The number of anilines is 3. The van der Waals surface area contributed by atoms with E-state index in [9.17, 15) is 36.7 Å². The molecule has 3 aliphatic heterocycles. The van der Waals surface area contributed by atoms with Gasteiger partial charge in [0.2, 0.25) is 15.9 Å². The van der Waals surface area contributed by atoms with Gasteiger partial charge in [0, 0.05) is 69.6 Å². The van der Waals surface area contributed by atoms with Crippen LogP contribution in [0.5, 0.6) is 0 Å². The van der Waals surface area contributed by atoms with Gasteiger partial charge in [-0.1, -0.05) is 0 Å². The van der Waals surface area contributed by atoms with Crippen LogP contribution in [-0.2, 0) is 27.8 Å². The molecule has 0 saturated carbocycles. The number of aliphatic carboxylic acids is 1. The minimum Gasteiger partial charge on any atom is -0.480 e. The summed E-state index contributed by atoms with van der Waals surface area (Å²) >= 11 is 0. The third kappa shape index (κ3) is 6.25. The first-order valence-electron chi connectivity index (χ1n) is 15.1. The highest BCUT2D eigenvalue weighted by molar-refractivity contribution is 7.89. The van der Waals surface area contributed by atoms with Crippen LogP contribution in [-0.4, -0.2) is 103 Å². The molecule has 2 saturated heterocycles. The number of nitrogens with one attached hydrogen (secondary N) is 2. The van der Waals surface area contributed by atoms with Crippen LogP contribution in [0.25, 0.3) is 0 Å². The second-order valence-corrected chi connectivity index (χ2v) is 13.8. The van der Waals surface area contributed by atoms with Crippen molar-refractivity contribution in [1.82, 2.24) is 19.4 Å². The van der Waals surface area contributed by atoms with Gasteiger partial charge in [-0.3, -0.25) is 14.7 Å². The number of primary amides is 1. The summed E-state index contributed by atoms with van der Waals surface area (Å²) in [6.07, 6.45) is 1.22. The number of carboxylic acid groups (broad SMARTS) is 1. The molecule has 1 atom stereocenters. The van der Waals surface area contributed by atoms with Crippen LogP contribution in [0.1, 0.15) is 44.8 Å². The summed E-state index contributed by atoms with van der Waals surface area (Å²) in [4.78, 5) is 44.2. The number of aromatic amines is 1. The van der Waals surface area contributed by atoms with Crippen molar-refractivity contribution in [1.29, 1.82) is 0 Å². The van der Waals surface area contributed by atoms with Crippen molar-refractivity contribution in [3.63, 3.8) is 0 Å². The molecule has 0 bridgehead atoms. The van der Waals surface area contributed by atoms with Crippen LogP contribution in [0.3, 0.4) is 0 Å². The van der Waals surface area contributed by atoms with Crippen LogP contribution < -0.4 is 20.9 Å². The zero-order valence-corrected chi connectivity index (χ0v) is 26.3. The number of sulfonamides is 1. The molecule has 2 aromatic carbocycles. The van der Waals surface area contributed by atoms with Gasteiger partial charge in [-0.15, -0.1) is 0 Å². The Bertz CT molecular complexity index is 1840. The van der Waals surface area contributed by atoms with Gasteiger partial charge in [0.1, 0.15) is 17.7 Å². The number of likely N-dealkylation sites (N-methyl/N-ethyl adjacent to an activating group) is 1. The Morgan fingerprint density at radius 2 is 1.66 bits per heavy atom. The van der Waals surface area contributed by atoms with Crippen LogP contribution in [0.2, 0.25) is 0 Å². The van der Waals surface area contributed by atoms with E-state index in [-0.39, 0.29) is 36.5 Å². The monoisotopic (exact) mass is 672 g/mol. The number of carbonyl (C=O) groups excluding carboxylic acids is 2. The second-order valence-electron chi connectivity index (χ2n) is 11.9. The number of amides is 2. The lowest BCUT2D eigenvalue weighted by atomic mass is 10.0. The molecule has 3 aliphatic rings. The molecule has 5 N–H and O–H groups in total. The summed E-state index contributed by atoms with van der Waals surface area (Å²) in [6.45, 7) is 2.86. The number of nitrogens with zero attached hydrogens (tertiary/aromatic N) is 5. The number of aromatic nitrogens is 2. The zero-order chi connectivity index (χ0) is 33.6. The van der Waals surface area contributed by atoms with Gasteiger partial charge in [0.25, 0.3) is 5.91 Å². The van der Waals surface area contributed by atoms with Gasteiger partial charge in [-0.2, -0.15) is 9.40 Å². The molecule has 0 spiro atoms. The van der Waals surface area contributed by atoms with Crippen molar-refractivity contribution in [3.8, 4) is 0 Å². The summed E-state index contributed by atoms with van der Waals surface area (Å²) in [5.41, 5.74) is 7.58. The van der Waals surface area contributed by atoms with Crippen LogP contribution in [0.15, 0.2) is 35.2 Å². The van der Waals surface area contributed by atoms with Crippen LogP contribution >= 0.6 is 0 Å². The van der Waals surface area contributed by atoms with Crippen LogP contribution in [0.4, 0.5) is 26.0 Å². The van der Waals surface area contributed by atoms with E-state index in [2.05, 4.69) is 20.4 Å². The maximum atomic E-state index is 13.9. The van der Waals surface area contributed by atoms with Crippen LogP contribution in [0, 0.1) is 11.6 Å². The fourth-order valence-corrected chi connectivity index (χ4v) is 7.84. The maximum absolute atomic E-state index is 13.9. The Balaban J connectivity index is 1.34. The minimum absolute atomic E-state index is 0.0000208. The number of carbonyl (C=O) groups is 3. The van der Waals surface area contributed by atoms with E-state index in [4.69, 9.17) is 5.73 Å². The van der Waals surface area contributed by atoms with Crippen molar-refractivity contribution in [2.24, 2.45) is 5.73 Å². The molecule has 6 rings (SSSR count). The van der Waals surface area contributed by atoms with E-state index < -0.39 is 50.4 Å². The number of benzene rings is 2. The van der Waals surface area contributed by atoms with Gasteiger partial charge in [0.15, 0.2) is 5.82 Å². The van der Waals surface area contributed by atoms with E-state index in [0.717, 1.165) is 29.5 Å². The van der Waals surface area contributed by atoms with E-state index in [0.29, 0.717) is 61.2 Å². The van der Waals surface area contributed by atoms with Crippen molar-refractivity contribution in [2.75, 3.05) is 61.4 Å². The molecule has 0 unspecified atom stereocenters. The van der Waals surface area contributed by atoms with Gasteiger partial charge in [0.05, 0.1) is 27.4 Å². The number of carboxylic acids is 1. The van der Waals surface area contributed by atoms with Gasteiger partial charge in [-0.05, 0) is 44.2 Å². The molecule has 4 heterocycles. The Kier molecular flexibility index (Phi) is 8.62. The number of piperazine rings is 1. The molecule has 14 nitrogen and oxygen atoms in total. The van der Waals surface area contributed by atoms with E-state index in [1.54, 1.807) is 4.90 Å². The van der Waals surface area contributed by atoms with E-state index >= 15 is 0 Å². The first-order valence-corrected chi connectivity index (χ1v) is 16.5. The standard InChI is InChI=1S/C30H34F2N8O6S/c1-37-7-9-38(10-8-37)25-14-20(27(33)41)21(15-26(25)40-5-2-3-24(40)30(43)44)29(42)34-28-22-16-39(6-4-23(22)35-36-28)47(45,46)19-12-17(31)11-18(32)13-19/h11-15,24H,2-10,16H2,1H3,(H2,33,41)(H,43,44)(H2,34,35,36,42)/t24-/m0/s1. The number of fused-ring (bicyclic) bond motifs is 1. The van der Waals surface area contributed by atoms with E-state index in [1.807, 2.05) is 11.9 Å². The molecule has 0 aliphatic carbocycles. The SMILES string of the molecule is CN1CCN(c2cc(C(N)=O)c(C(=O)Nc3n[nH]c4c3CN(S(=O)(=O)c3cc(F)cc(F)c3)CC4)cc2N2CCC[C@H]2C(=O)O)CC1. The molecule has 0 radical (unpaired) electrons. The Morgan fingerprint density at radius 3 is 2.32 bits per heavy atom. The molecule has 2 amide bonds. The van der Waals surface area contributed by atoms with Gasteiger partial charge in [-0.25, -0.2) is 22.0 Å². The van der Waals surface area contributed by atoms with Crippen molar-refractivity contribution < 1.29 is 36.7 Å². The average Bonchev–Trinajstić information content (AvgIpc) is 3.68. The van der Waals surface area contributed by atoms with Gasteiger partial charge >= 0.3 is 5.97 Å². The molecule has 1 aromatic heterocycles. The molecule has 2 fully saturated rings. The zero-order valence-electron chi connectivity index (χ0n) is 25.5. The highest BCUT2D eigenvalue weighted by Crippen LogP contribution is 2.38. The molecular formula is C30H34F2N8O6S. The molecule has 250 valence electrons. The Hall–Kier alpha value is -4.61. The highest BCUT2D eigenvalue weighted by Gasteiger charge is 2.36. The topological polar surface area (TPSA) is 185 Å². The number of hydrogen-bond acceptors (Lipinski definition) is 9.